The third-order valence-electron chi connectivity index (χ3n) is 1.64. The molecule has 2 aliphatic carbocycles. The Bertz CT molecular complexity index is 278. The van der Waals surface area contributed by atoms with E-state index in [0.717, 1.165) is 0 Å². The van der Waals surface area contributed by atoms with Crippen molar-refractivity contribution in [3.63, 3.8) is 0 Å². The molecule has 2 rings (SSSR count). The minimum Gasteiger partial charge on any atom is -0.366 e. The second-order valence-corrected chi connectivity index (χ2v) is 2.72. The van der Waals surface area contributed by atoms with Gasteiger partial charge in [-0.1, -0.05) is 30.8 Å². The number of benzene rings is 1. The Kier molecular flexibility index (Phi) is 2.29. The highest BCUT2D eigenvalue weighted by atomic mass is 16.1. The number of nitrogens with two attached hydrogens (primary N) is 1. The molecule has 0 unspecified atom stereocenters. The molecule has 0 aromatic carbocycles. The van der Waals surface area contributed by atoms with Crippen molar-refractivity contribution in [1.29, 1.82) is 0 Å². The zero-order valence-electron chi connectivity index (χ0n) is 7.00. The van der Waals surface area contributed by atoms with Gasteiger partial charge in [0, 0.05) is 5.57 Å². The number of carbonyl (C=O) groups is 1. The molecular formula is C10H11NO. The van der Waals surface area contributed by atoms with Crippen LogP contribution in [0.5, 0.6) is 0 Å². The molecule has 0 bridgehead atoms. The summed E-state index contributed by atoms with van der Waals surface area (Å²) in [7, 11) is 0. The standard InChI is InChI=1S/C6H4.C4H7NO/c1-2-6-4-3-5(1)6;1-3(2)4(5)6/h1-4H;1H2,2H3,(H2,5,6). The molecule has 0 heterocycles. The van der Waals surface area contributed by atoms with Gasteiger partial charge in [-0.25, -0.2) is 0 Å². The molecule has 0 fully saturated rings. The predicted octanol–water partition coefficient (Wildman–Crippen LogP) is 1.71. The number of carbonyl (C=O) groups excluding carboxylic acids is 1. The first kappa shape index (κ1) is 8.53. The Morgan fingerprint density at radius 2 is 1.50 bits per heavy atom. The first-order chi connectivity index (χ1) is 5.61. The minimum absolute atomic E-state index is 0.398. The summed E-state index contributed by atoms with van der Waals surface area (Å²) in [6.45, 7) is 4.85. The summed E-state index contributed by atoms with van der Waals surface area (Å²) in [6.07, 6.45) is 0. The summed E-state index contributed by atoms with van der Waals surface area (Å²) in [5, 5.41) is 0. The van der Waals surface area contributed by atoms with Crippen molar-refractivity contribution in [2.75, 3.05) is 0 Å². The monoisotopic (exact) mass is 161 g/mol. The Hall–Kier alpha value is -1.57. The lowest BCUT2D eigenvalue weighted by Crippen LogP contribution is -2.10. The van der Waals surface area contributed by atoms with E-state index in [1.807, 2.05) is 0 Å². The van der Waals surface area contributed by atoms with Gasteiger partial charge in [0.05, 0.1) is 0 Å². The largest absolute Gasteiger partial charge is 0.366 e. The van der Waals surface area contributed by atoms with Gasteiger partial charge >= 0.3 is 0 Å². The van der Waals surface area contributed by atoms with Crippen molar-refractivity contribution >= 4 is 5.91 Å². The van der Waals surface area contributed by atoms with Gasteiger partial charge in [0.1, 0.15) is 0 Å². The maximum Gasteiger partial charge on any atom is 0.243 e. The molecular weight excluding hydrogens is 150 g/mol. The fraction of sp³-hybridized carbons (Fsp3) is 0.100. The van der Waals surface area contributed by atoms with E-state index < -0.39 is 5.91 Å². The normalized spacial score (nSPS) is 9.42. The molecule has 1 amide bonds. The number of rotatable bonds is 1. The van der Waals surface area contributed by atoms with Gasteiger partial charge in [0.25, 0.3) is 0 Å². The number of hydrogen-bond acceptors (Lipinski definition) is 1. The van der Waals surface area contributed by atoms with Crippen molar-refractivity contribution in [3.8, 4) is 11.1 Å². The quantitative estimate of drug-likeness (QED) is 0.636. The summed E-state index contributed by atoms with van der Waals surface area (Å²) < 4.78 is 0. The second kappa shape index (κ2) is 3.22. The van der Waals surface area contributed by atoms with Crippen LogP contribution >= 0.6 is 0 Å². The van der Waals surface area contributed by atoms with Crippen molar-refractivity contribution in [2.24, 2.45) is 5.73 Å². The summed E-state index contributed by atoms with van der Waals surface area (Å²) in [5.41, 5.74) is 7.95. The first-order valence-electron chi connectivity index (χ1n) is 3.67. The number of fused-ring (bicyclic) bond motifs is 1. The van der Waals surface area contributed by atoms with E-state index in [2.05, 4.69) is 30.8 Å². The number of primary amides is 1. The zero-order chi connectivity index (χ0) is 9.14. The lowest BCUT2D eigenvalue weighted by atomic mass is 9.95. The topological polar surface area (TPSA) is 43.1 Å². The van der Waals surface area contributed by atoms with Crippen LogP contribution < -0.4 is 5.73 Å². The molecule has 0 aromatic heterocycles. The zero-order valence-corrected chi connectivity index (χ0v) is 7.00. The van der Waals surface area contributed by atoms with E-state index in [-0.39, 0.29) is 0 Å². The fourth-order valence-electron chi connectivity index (χ4n) is 0.663. The third-order valence-corrected chi connectivity index (χ3v) is 1.64. The van der Waals surface area contributed by atoms with E-state index in [1.165, 1.54) is 11.1 Å². The van der Waals surface area contributed by atoms with E-state index in [9.17, 15) is 4.79 Å². The number of hydrogen-bond donors (Lipinski definition) is 1. The van der Waals surface area contributed by atoms with Gasteiger partial charge in [0.15, 0.2) is 0 Å². The van der Waals surface area contributed by atoms with Gasteiger partial charge in [-0.2, -0.15) is 0 Å². The predicted molar refractivity (Wildman–Crippen MR) is 49.4 cm³/mol. The van der Waals surface area contributed by atoms with E-state index in [4.69, 9.17) is 5.73 Å². The summed E-state index contributed by atoms with van der Waals surface area (Å²) in [4.78, 5) is 9.82. The molecule has 0 saturated heterocycles. The highest BCUT2D eigenvalue weighted by Gasteiger charge is 2.03. The molecule has 0 atom stereocenters. The van der Waals surface area contributed by atoms with Gasteiger partial charge in [-0.15, -0.1) is 0 Å². The Morgan fingerprint density at radius 3 is 1.50 bits per heavy atom. The van der Waals surface area contributed by atoms with E-state index in [0.29, 0.717) is 5.57 Å². The molecule has 0 aliphatic heterocycles. The van der Waals surface area contributed by atoms with Crippen LogP contribution in [-0.2, 0) is 4.79 Å². The molecule has 2 heteroatoms. The lowest BCUT2D eigenvalue weighted by molar-refractivity contribution is -0.114. The van der Waals surface area contributed by atoms with E-state index in [1.54, 1.807) is 6.92 Å². The summed E-state index contributed by atoms with van der Waals surface area (Å²) in [5.74, 6) is -0.435. The van der Waals surface area contributed by atoms with Crippen LogP contribution in [0.3, 0.4) is 0 Å². The molecule has 0 aromatic rings. The average Bonchev–Trinajstić information content (AvgIpc) is 1.97. The fourth-order valence-corrected chi connectivity index (χ4v) is 0.663. The van der Waals surface area contributed by atoms with Crippen LogP contribution in [0, 0.1) is 0 Å². The lowest BCUT2D eigenvalue weighted by Gasteiger charge is -2.10. The Labute approximate surface area is 71.7 Å². The molecule has 0 radical (unpaired) electrons. The highest BCUT2D eigenvalue weighted by molar-refractivity contribution is 5.90. The van der Waals surface area contributed by atoms with Gasteiger partial charge < -0.3 is 5.73 Å². The molecule has 12 heavy (non-hydrogen) atoms. The smallest absolute Gasteiger partial charge is 0.243 e. The van der Waals surface area contributed by atoms with Crippen molar-refractivity contribution < 1.29 is 4.79 Å². The second-order valence-electron chi connectivity index (χ2n) is 2.72. The van der Waals surface area contributed by atoms with Crippen LogP contribution in [0.15, 0.2) is 36.4 Å². The Balaban J connectivity index is 0.000000120. The highest BCUT2D eigenvalue weighted by Crippen LogP contribution is 2.29. The van der Waals surface area contributed by atoms with Crippen molar-refractivity contribution in [1.82, 2.24) is 0 Å². The molecule has 2 N–H and O–H groups in total. The molecule has 62 valence electrons. The maximum atomic E-state index is 9.82. The van der Waals surface area contributed by atoms with Gasteiger partial charge in [-0.05, 0) is 18.1 Å². The molecule has 2 aliphatic rings. The average molecular weight is 161 g/mol. The SMILES string of the molecule is C=C(C)C(N)=O.c1cc2ccc1-2. The molecule has 0 saturated carbocycles. The molecule has 2 nitrogen and oxygen atoms in total. The van der Waals surface area contributed by atoms with Crippen LogP contribution in [0.4, 0.5) is 0 Å². The molecule has 0 spiro atoms. The summed E-state index contributed by atoms with van der Waals surface area (Å²) >= 11 is 0. The van der Waals surface area contributed by atoms with Crippen molar-refractivity contribution in [3.05, 3.63) is 36.4 Å². The van der Waals surface area contributed by atoms with Crippen molar-refractivity contribution in [2.45, 2.75) is 6.92 Å². The third kappa shape index (κ3) is 1.72. The minimum atomic E-state index is -0.435. The van der Waals surface area contributed by atoms with Gasteiger partial charge in [-0.3, -0.25) is 4.79 Å². The Morgan fingerprint density at radius 1 is 1.25 bits per heavy atom. The maximum absolute atomic E-state index is 9.82. The van der Waals surface area contributed by atoms with Crippen LogP contribution in [0.2, 0.25) is 0 Å². The summed E-state index contributed by atoms with van der Waals surface area (Å²) in [6, 6.07) is 8.48. The van der Waals surface area contributed by atoms with Gasteiger partial charge in [0.2, 0.25) is 5.91 Å². The van der Waals surface area contributed by atoms with Crippen LogP contribution in [0.25, 0.3) is 11.1 Å². The van der Waals surface area contributed by atoms with Crippen LogP contribution in [0.1, 0.15) is 6.92 Å². The van der Waals surface area contributed by atoms with E-state index >= 15 is 0 Å². The van der Waals surface area contributed by atoms with Crippen LogP contribution in [-0.4, -0.2) is 5.91 Å². The number of amides is 1. The first-order valence-corrected chi connectivity index (χ1v) is 3.67.